The van der Waals surface area contributed by atoms with Crippen molar-refractivity contribution in [1.29, 1.82) is 0 Å². The van der Waals surface area contributed by atoms with Gasteiger partial charge in [0.15, 0.2) is 5.52 Å². The first-order valence-corrected chi connectivity index (χ1v) is 8.72. The van der Waals surface area contributed by atoms with Crippen molar-refractivity contribution >= 4 is 5.52 Å². The average Bonchev–Trinajstić information content (AvgIpc) is 3.03. The first-order chi connectivity index (χ1) is 12.1. The van der Waals surface area contributed by atoms with Crippen molar-refractivity contribution in [1.82, 2.24) is 19.2 Å². The van der Waals surface area contributed by atoms with Gasteiger partial charge in [-0.05, 0) is 32.3 Å². The van der Waals surface area contributed by atoms with Gasteiger partial charge in [0, 0.05) is 19.1 Å². The summed E-state index contributed by atoms with van der Waals surface area (Å²) in [4.78, 5) is 17.5. The molecule has 6 nitrogen and oxygen atoms in total. The summed E-state index contributed by atoms with van der Waals surface area (Å²) in [5.41, 5.74) is 2.78. The number of imidazole rings is 1. The van der Waals surface area contributed by atoms with Gasteiger partial charge in [0.05, 0.1) is 12.7 Å². The highest BCUT2D eigenvalue weighted by Gasteiger charge is 2.22. The van der Waals surface area contributed by atoms with Gasteiger partial charge in [-0.1, -0.05) is 29.8 Å². The topological polar surface area (TPSA) is 61.4 Å². The summed E-state index contributed by atoms with van der Waals surface area (Å²) in [6.07, 6.45) is 3.50. The molecule has 3 heterocycles. The van der Waals surface area contributed by atoms with Crippen molar-refractivity contribution in [2.45, 2.75) is 39.2 Å². The Labute approximate surface area is 146 Å². The van der Waals surface area contributed by atoms with Crippen LogP contribution in [0.5, 0.6) is 0 Å². The molecule has 2 aromatic heterocycles. The van der Waals surface area contributed by atoms with Crippen LogP contribution in [0.2, 0.25) is 0 Å². The molecule has 0 unspecified atom stereocenters. The number of aryl methyl sites for hydroxylation is 2. The Morgan fingerprint density at radius 3 is 2.80 bits per heavy atom. The molecule has 0 saturated carbocycles. The van der Waals surface area contributed by atoms with E-state index in [9.17, 15) is 4.79 Å². The third-order valence-corrected chi connectivity index (χ3v) is 4.87. The van der Waals surface area contributed by atoms with E-state index in [0.717, 1.165) is 37.4 Å². The largest absolute Gasteiger partial charge is 0.381 e. The number of hydrogen-bond acceptors (Lipinski definition) is 4. The van der Waals surface area contributed by atoms with E-state index >= 15 is 0 Å². The van der Waals surface area contributed by atoms with E-state index in [-0.39, 0.29) is 5.56 Å². The highest BCUT2D eigenvalue weighted by atomic mass is 16.5. The van der Waals surface area contributed by atoms with Crippen molar-refractivity contribution in [3.8, 4) is 0 Å². The molecule has 0 N–H and O–H groups in total. The van der Waals surface area contributed by atoms with Crippen LogP contribution in [0, 0.1) is 13.8 Å². The molecular weight excluding hydrogens is 316 g/mol. The predicted octanol–water partition coefficient (Wildman–Crippen LogP) is 2.45. The summed E-state index contributed by atoms with van der Waals surface area (Å²) >= 11 is 0. The minimum atomic E-state index is -0.0418. The lowest BCUT2D eigenvalue weighted by Crippen LogP contribution is -2.27. The van der Waals surface area contributed by atoms with Crippen molar-refractivity contribution in [3.05, 3.63) is 63.6 Å². The number of hydrogen-bond donors (Lipinski definition) is 0. The Kier molecular flexibility index (Phi) is 4.13. The lowest BCUT2D eigenvalue weighted by atomic mass is 10.00. The standard InChI is InChI=1S/C19H22N4O2/c1-13-4-3-5-15(10-13)12-22-14(2)21-23-17(19(22)24)11-20-18(23)16-6-8-25-9-7-16/h3-5,10-11,16H,6-9,12H2,1-2H3. The Balaban J connectivity index is 1.76. The molecule has 1 aliphatic heterocycles. The molecule has 0 atom stereocenters. The molecule has 1 fully saturated rings. The lowest BCUT2D eigenvalue weighted by molar-refractivity contribution is 0.0832. The van der Waals surface area contributed by atoms with E-state index in [1.54, 1.807) is 15.3 Å². The van der Waals surface area contributed by atoms with Gasteiger partial charge in [0.2, 0.25) is 0 Å². The Morgan fingerprint density at radius 2 is 2.04 bits per heavy atom. The average molecular weight is 338 g/mol. The second-order valence-corrected chi connectivity index (χ2v) is 6.73. The van der Waals surface area contributed by atoms with Gasteiger partial charge >= 0.3 is 0 Å². The van der Waals surface area contributed by atoms with Crippen LogP contribution in [-0.4, -0.2) is 32.4 Å². The number of aromatic nitrogens is 4. The van der Waals surface area contributed by atoms with Gasteiger partial charge < -0.3 is 4.74 Å². The van der Waals surface area contributed by atoms with Crippen LogP contribution in [0.1, 0.15) is 41.5 Å². The fourth-order valence-corrected chi connectivity index (χ4v) is 3.51. The maximum Gasteiger partial charge on any atom is 0.279 e. The highest BCUT2D eigenvalue weighted by molar-refractivity contribution is 5.43. The van der Waals surface area contributed by atoms with Crippen molar-refractivity contribution in [3.63, 3.8) is 0 Å². The summed E-state index contributed by atoms with van der Waals surface area (Å²) in [7, 11) is 0. The summed E-state index contributed by atoms with van der Waals surface area (Å²) in [5.74, 6) is 1.88. The fraction of sp³-hybridized carbons (Fsp3) is 0.421. The van der Waals surface area contributed by atoms with Crippen LogP contribution in [0.15, 0.2) is 35.3 Å². The molecule has 1 aromatic carbocycles. The molecule has 3 aromatic rings. The van der Waals surface area contributed by atoms with Gasteiger partial charge in [0.1, 0.15) is 11.6 Å². The monoisotopic (exact) mass is 338 g/mol. The second-order valence-electron chi connectivity index (χ2n) is 6.73. The zero-order valence-corrected chi connectivity index (χ0v) is 14.6. The van der Waals surface area contributed by atoms with Crippen LogP contribution >= 0.6 is 0 Å². The molecule has 0 amide bonds. The minimum Gasteiger partial charge on any atom is -0.381 e. The molecule has 0 bridgehead atoms. The maximum atomic E-state index is 13.0. The van der Waals surface area contributed by atoms with Gasteiger partial charge in [-0.25, -0.2) is 9.50 Å². The quantitative estimate of drug-likeness (QED) is 0.736. The van der Waals surface area contributed by atoms with Crippen molar-refractivity contribution < 1.29 is 4.74 Å². The van der Waals surface area contributed by atoms with E-state index in [1.807, 2.05) is 19.1 Å². The van der Waals surface area contributed by atoms with E-state index in [2.05, 4.69) is 29.1 Å². The van der Waals surface area contributed by atoms with Crippen LogP contribution in [0.4, 0.5) is 0 Å². The highest BCUT2D eigenvalue weighted by Crippen LogP contribution is 2.25. The van der Waals surface area contributed by atoms with E-state index < -0.39 is 0 Å². The SMILES string of the molecule is Cc1cccc(Cn2c(C)nn3c(C4CCOCC4)ncc3c2=O)c1. The lowest BCUT2D eigenvalue weighted by Gasteiger charge is -2.20. The third-order valence-electron chi connectivity index (χ3n) is 4.87. The van der Waals surface area contributed by atoms with Gasteiger partial charge in [-0.3, -0.25) is 9.36 Å². The van der Waals surface area contributed by atoms with Crippen LogP contribution < -0.4 is 5.56 Å². The predicted molar refractivity (Wildman–Crippen MR) is 95.1 cm³/mol. The van der Waals surface area contributed by atoms with E-state index in [0.29, 0.717) is 23.8 Å². The molecule has 0 spiro atoms. The zero-order chi connectivity index (χ0) is 17.4. The molecular formula is C19H22N4O2. The number of nitrogens with zero attached hydrogens (tertiary/aromatic N) is 4. The van der Waals surface area contributed by atoms with Crippen LogP contribution in [0.3, 0.4) is 0 Å². The molecule has 1 aliphatic rings. The normalized spacial score (nSPS) is 15.8. The first kappa shape index (κ1) is 16.0. The van der Waals surface area contributed by atoms with Crippen LogP contribution in [-0.2, 0) is 11.3 Å². The number of ether oxygens (including phenoxy) is 1. The molecule has 0 aliphatic carbocycles. The summed E-state index contributed by atoms with van der Waals surface area (Å²) in [6, 6.07) is 8.20. The van der Waals surface area contributed by atoms with Gasteiger partial charge in [0.25, 0.3) is 5.56 Å². The molecule has 1 saturated heterocycles. The first-order valence-electron chi connectivity index (χ1n) is 8.72. The smallest absolute Gasteiger partial charge is 0.279 e. The van der Waals surface area contributed by atoms with Gasteiger partial charge in [-0.2, -0.15) is 5.10 Å². The van der Waals surface area contributed by atoms with E-state index in [1.165, 1.54) is 5.56 Å². The molecule has 0 radical (unpaired) electrons. The fourth-order valence-electron chi connectivity index (χ4n) is 3.51. The molecule has 4 rings (SSSR count). The van der Waals surface area contributed by atoms with Gasteiger partial charge in [-0.15, -0.1) is 0 Å². The maximum absolute atomic E-state index is 13.0. The summed E-state index contributed by atoms with van der Waals surface area (Å²) < 4.78 is 8.89. The molecule has 6 heteroatoms. The zero-order valence-electron chi connectivity index (χ0n) is 14.6. The Bertz CT molecular complexity index is 967. The molecule has 25 heavy (non-hydrogen) atoms. The van der Waals surface area contributed by atoms with E-state index in [4.69, 9.17) is 4.74 Å². The van der Waals surface area contributed by atoms with Crippen molar-refractivity contribution in [2.75, 3.05) is 13.2 Å². The third kappa shape index (κ3) is 2.98. The Morgan fingerprint density at radius 1 is 1.24 bits per heavy atom. The number of fused-ring (bicyclic) bond motifs is 1. The summed E-state index contributed by atoms with van der Waals surface area (Å²) in [5, 5.41) is 4.67. The molecule has 130 valence electrons. The summed E-state index contributed by atoms with van der Waals surface area (Å²) in [6.45, 7) is 5.93. The second kappa shape index (κ2) is 6.44. The number of benzene rings is 1. The van der Waals surface area contributed by atoms with Crippen molar-refractivity contribution in [2.24, 2.45) is 0 Å². The minimum absolute atomic E-state index is 0.0418. The Hall–Kier alpha value is -2.47. The van der Waals surface area contributed by atoms with Crippen LogP contribution in [0.25, 0.3) is 5.52 Å². The number of rotatable bonds is 3.